The number of aromatic carboxylic acids is 2. The number of carbonyl (C=O) groups is 4. The van der Waals surface area contributed by atoms with Crippen LogP contribution in [0.4, 0.5) is 0 Å². The maximum atomic E-state index is 11.8. The van der Waals surface area contributed by atoms with Gasteiger partial charge in [-0.2, -0.15) is 0 Å². The zero-order valence-electron chi connectivity index (χ0n) is 19.4. The van der Waals surface area contributed by atoms with Crippen LogP contribution in [0.1, 0.15) is 41.4 Å². The van der Waals surface area contributed by atoms with Crippen molar-refractivity contribution in [1.29, 1.82) is 0 Å². The van der Waals surface area contributed by atoms with Gasteiger partial charge in [-0.15, -0.1) is 0 Å². The van der Waals surface area contributed by atoms with E-state index < -0.39 is 23.9 Å². The molecule has 0 amide bonds. The Morgan fingerprint density at radius 1 is 0.432 bits per heavy atom. The van der Waals surface area contributed by atoms with E-state index >= 15 is 0 Å². The molecular weight excluding hydrogens is 504 g/mol. The van der Waals surface area contributed by atoms with Crippen molar-refractivity contribution >= 4 is 61.6 Å². The molecule has 0 aliphatic rings. The van der Waals surface area contributed by atoms with Gasteiger partial charge in [-0.3, -0.25) is 0 Å². The number of benzene rings is 4. The first-order chi connectivity index (χ1) is 17.4. The van der Waals surface area contributed by atoms with E-state index in [-0.39, 0.29) is 60.0 Å². The molecule has 0 unspecified atom stereocenters. The molecule has 4 aromatic carbocycles. The molecule has 0 saturated heterocycles. The van der Waals surface area contributed by atoms with Gasteiger partial charge in [0.1, 0.15) is 11.5 Å². The van der Waals surface area contributed by atoms with Crippen LogP contribution in [0.2, 0.25) is 0 Å². The summed E-state index contributed by atoms with van der Waals surface area (Å²) >= 11 is 0. The van der Waals surface area contributed by atoms with Crippen molar-refractivity contribution in [3.63, 3.8) is 0 Å². The Kier molecular flexibility index (Phi) is 11.5. The zero-order valence-corrected chi connectivity index (χ0v) is 21.6. The third-order valence-corrected chi connectivity index (χ3v) is 4.64. The molecule has 0 heterocycles. The molecule has 0 aromatic heterocycles. The van der Waals surface area contributed by atoms with Crippen molar-refractivity contribution in [2.24, 2.45) is 0 Å². The van der Waals surface area contributed by atoms with Crippen LogP contribution in [-0.2, 0) is 0 Å². The van der Waals surface area contributed by atoms with Gasteiger partial charge >= 0.3 is 49.7 Å². The molecule has 0 radical (unpaired) electrons. The number of hydrogen-bond donors (Lipinski definition) is 0. The molecule has 0 N–H and O–H groups in total. The average molecular weight is 523 g/mol. The summed E-state index contributed by atoms with van der Waals surface area (Å²) in [6, 6.07) is 28.4. The minimum absolute atomic E-state index is 0. The normalized spacial score (nSPS) is 9.51. The second kappa shape index (κ2) is 14.5. The fraction of sp³-hybridized carbons (Fsp3) is 0. The van der Waals surface area contributed by atoms with Gasteiger partial charge in [-0.05, 0) is 36.4 Å². The summed E-state index contributed by atoms with van der Waals surface area (Å²) in [7, 11) is 0. The van der Waals surface area contributed by atoms with Crippen molar-refractivity contribution in [2.75, 3.05) is 0 Å². The molecule has 0 fully saturated rings. The molecule has 0 atom stereocenters. The monoisotopic (exact) mass is 522 g/mol. The number of esters is 2. The second-order valence-electron chi connectivity index (χ2n) is 7.07. The van der Waals surface area contributed by atoms with E-state index in [9.17, 15) is 29.4 Å². The molecule has 0 saturated carbocycles. The number of ether oxygens (including phenoxy) is 2. The summed E-state index contributed by atoms with van der Waals surface area (Å²) in [4.78, 5) is 45.4. The van der Waals surface area contributed by atoms with E-state index in [1.807, 2.05) is 0 Å². The van der Waals surface area contributed by atoms with E-state index in [0.29, 0.717) is 11.5 Å². The maximum absolute atomic E-state index is 11.8. The maximum Gasteiger partial charge on any atom is 2.00 e. The molecule has 4 aromatic rings. The smallest absolute Gasteiger partial charge is 0.545 e. The third kappa shape index (κ3) is 8.57. The van der Waals surface area contributed by atoms with E-state index in [4.69, 9.17) is 9.47 Å². The van der Waals surface area contributed by atoms with Gasteiger partial charge in [0.15, 0.2) is 0 Å². The van der Waals surface area contributed by atoms with Crippen molar-refractivity contribution < 1.29 is 38.9 Å². The first kappa shape index (κ1) is 29.3. The van der Waals surface area contributed by atoms with Crippen molar-refractivity contribution in [2.45, 2.75) is 0 Å². The van der Waals surface area contributed by atoms with E-state index in [1.165, 1.54) is 36.4 Å². The van der Waals surface area contributed by atoms with Crippen molar-refractivity contribution in [3.8, 4) is 11.5 Å². The third-order valence-electron chi connectivity index (χ3n) is 4.64. The molecule has 0 spiro atoms. The van der Waals surface area contributed by atoms with Gasteiger partial charge in [0.05, 0.1) is 23.1 Å². The molecule has 0 aliphatic heterocycles. The fourth-order valence-electron chi connectivity index (χ4n) is 2.98. The van der Waals surface area contributed by atoms with Crippen LogP contribution in [0.15, 0.2) is 109 Å². The Hall–Kier alpha value is -3.98. The van der Waals surface area contributed by atoms with E-state index in [0.717, 1.165) is 0 Å². The summed E-state index contributed by atoms with van der Waals surface area (Å²) in [6.07, 6.45) is 0. The van der Waals surface area contributed by atoms with Gasteiger partial charge < -0.3 is 29.3 Å². The number of carboxylic acid groups (broad SMARTS) is 2. The average Bonchev–Trinajstić information content (AvgIpc) is 2.90. The Morgan fingerprint density at radius 2 is 0.703 bits per heavy atom. The molecule has 4 rings (SSSR count). The van der Waals surface area contributed by atoms with Crippen LogP contribution in [0.25, 0.3) is 0 Å². The molecule has 180 valence electrons. The first-order valence-corrected chi connectivity index (χ1v) is 10.5. The topological polar surface area (TPSA) is 133 Å². The SMILES string of the molecule is O=C([O-])c1ccccc1C(=O)Oc1ccccc1.O=C([O-])c1ccccc1C(=O)Oc1ccccc1.[Ca+2]. The Morgan fingerprint density at radius 3 is 1.00 bits per heavy atom. The molecule has 37 heavy (non-hydrogen) atoms. The Balaban J connectivity index is 0.000000253. The van der Waals surface area contributed by atoms with Crippen LogP contribution >= 0.6 is 0 Å². The number of carboxylic acids is 2. The first-order valence-electron chi connectivity index (χ1n) is 10.5. The summed E-state index contributed by atoms with van der Waals surface area (Å²) in [5.74, 6) is -3.54. The summed E-state index contributed by atoms with van der Waals surface area (Å²) in [5.41, 5.74) is -0.417. The van der Waals surface area contributed by atoms with Gasteiger partial charge in [0, 0.05) is 11.1 Å². The van der Waals surface area contributed by atoms with Gasteiger partial charge in [-0.1, -0.05) is 72.8 Å². The Labute approximate surface area is 242 Å². The van der Waals surface area contributed by atoms with Crippen molar-refractivity contribution in [1.82, 2.24) is 0 Å². The fourth-order valence-corrected chi connectivity index (χ4v) is 2.98. The van der Waals surface area contributed by atoms with Crippen LogP contribution in [0, 0.1) is 0 Å². The standard InChI is InChI=1S/2C14H10O4.Ca/c2*15-13(16)11-8-4-5-9-12(11)14(17)18-10-6-2-1-3-7-10;/h2*1-9H,(H,15,16);/q;;+2/p-2. The summed E-state index contributed by atoms with van der Waals surface area (Å²) in [5, 5.41) is 21.7. The van der Waals surface area contributed by atoms with Crippen LogP contribution < -0.4 is 19.7 Å². The van der Waals surface area contributed by atoms with E-state index in [1.54, 1.807) is 72.8 Å². The largest absolute Gasteiger partial charge is 2.00 e. The molecule has 0 bridgehead atoms. The zero-order chi connectivity index (χ0) is 25.9. The molecule has 8 nitrogen and oxygen atoms in total. The number of hydrogen-bond acceptors (Lipinski definition) is 8. The predicted molar refractivity (Wildman–Crippen MR) is 130 cm³/mol. The number of carbonyl (C=O) groups excluding carboxylic acids is 4. The van der Waals surface area contributed by atoms with Crippen LogP contribution in [0.5, 0.6) is 11.5 Å². The van der Waals surface area contributed by atoms with Gasteiger partial charge in [-0.25, -0.2) is 9.59 Å². The molecule has 9 heteroatoms. The van der Waals surface area contributed by atoms with Crippen LogP contribution in [0.3, 0.4) is 0 Å². The summed E-state index contributed by atoms with van der Waals surface area (Å²) < 4.78 is 10.1. The number of rotatable bonds is 6. The van der Waals surface area contributed by atoms with E-state index in [2.05, 4.69) is 0 Å². The Bertz CT molecular complexity index is 1260. The van der Waals surface area contributed by atoms with Gasteiger partial charge in [0.2, 0.25) is 0 Å². The second-order valence-corrected chi connectivity index (χ2v) is 7.07. The minimum atomic E-state index is -1.41. The summed E-state index contributed by atoms with van der Waals surface area (Å²) in [6.45, 7) is 0. The van der Waals surface area contributed by atoms with Crippen molar-refractivity contribution in [3.05, 3.63) is 131 Å². The molecule has 0 aliphatic carbocycles. The molecular formula is C28H18CaO8. The van der Waals surface area contributed by atoms with Crippen LogP contribution in [-0.4, -0.2) is 61.6 Å². The predicted octanol–water partition coefficient (Wildman–Crippen LogP) is 2.16. The number of para-hydroxylation sites is 2. The minimum Gasteiger partial charge on any atom is -0.545 e. The quantitative estimate of drug-likeness (QED) is 0.214. The van der Waals surface area contributed by atoms with Gasteiger partial charge in [0.25, 0.3) is 0 Å².